The number of rotatable bonds is 8. The molecule has 1 N–H and O–H groups in total. The second kappa shape index (κ2) is 17.2. The highest BCUT2D eigenvalue weighted by Gasteiger charge is 2.40. The first-order chi connectivity index (χ1) is 29.4. The van der Waals surface area contributed by atoms with Crippen LogP contribution in [0.1, 0.15) is 125 Å². The number of nitrogens with zero attached hydrogens (tertiary/aromatic N) is 6. The molecule has 0 radical (unpaired) electrons. The number of fused-ring (bicyclic) bond motifs is 2. The summed E-state index contributed by atoms with van der Waals surface area (Å²) in [7, 11) is 1.35. The molecule has 2 aromatic heterocycles. The van der Waals surface area contributed by atoms with Gasteiger partial charge in [-0.3, -0.25) is 19.2 Å². The lowest BCUT2D eigenvalue weighted by atomic mass is 9.86. The highest BCUT2D eigenvalue weighted by atomic mass is 19.3. The zero-order valence-electron chi connectivity index (χ0n) is 37.4. The topological polar surface area (TPSA) is 140 Å². The van der Waals surface area contributed by atoms with E-state index in [0.717, 1.165) is 28.2 Å². The van der Waals surface area contributed by atoms with Gasteiger partial charge in [0.2, 0.25) is 11.8 Å². The van der Waals surface area contributed by atoms with Crippen molar-refractivity contribution in [1.29, 1.82) is 0 Å². The Bertz CT molecular complexity index is 2360. The first-order valence-corrected chi connectivity index (χ1v) is 22.1. The van der Waals surface area contributed by atoms with E-state index < -0.39 is 23.7 Å². The van der Waals surface area contributed by atoms with Crippen LogP contribution in [0.3, 0.4) is 0 Å². The summed E-state index contributed by atoms with van der Waals surface area (Å²) in [5.41, 5.74) is 3.79. The van der Waals surface area contributed by atoms with Crippen molar-refractivity contribution < 1.29 is 46.6 Å². The molecule has 0 unspecified atom stereocenters. The summed E-state index contributed by atoms with van der Waals surface area (Å²) in [6, 6.07) is 10.9. The zero-order chi connectivity index (χ0) is 45.8. The number of ether oxygens (including phenoxy) is 1. The maximum atomic E-state index is 13.6. The van der Waals surface area contributed by atoms with Crippen molar-refractivity contribution in [2.75, 3.05) is 33.3 Å². The number of hydrogen-bond donors (Lipinski definition) is 1. The van der Waals surface area contributed by atoms with Gasteiger partial charge in [0, 0.05) is 86.9 Å². The van der Waals surface area contributed by atoms with Crippen LogP contribution in [-0.4, -0.2) is 103 Å². The average Bonchev–Trinajstić information content (AvgIpc) is 3.73. The zero-order valence-corrected chi connectivity index (χ0v) is 37.4. The number of methoxy groups -OCH3 is 1. The van der Waals surface area contributed by atoms with Gasteiger partial charge in [-0.05, 0) is 73.9 Å². The van der Waals surface area contributed by atoms with Crippen LogP contribution in [0.5, 0.6) is 0 Å². The van der Waals surface area contributed by atoms with Crippen LogP contribution < -0.4 is 0 Å². The molecule has 0 bridgehead atoms. The quantitative estimate of drug-likeness (QED) is 0.137. The van der Waals surface area contributed by atoms with Crippen LogP contribution in [0, 0.1) is 23.7 Å². The molecular weight excluding hydrogens is 821 g/mol. The molecule has 4 fully saturated rings. The van der Waals surface area contributed by atoms with E-state index in [1.54, 1.807) is 29.2 Å². The van der Waals surface area contributed by atoms with Crippen molar-refractivity contribution in [3.05, 3.63) is 59.2 Å². The minimum absolute atomic E-state index is 0.0593. The van der Waals surface area contributed by atoms with Crippen LogP contribution in [0.15, 0.2) is 36.4 Å². The fourth-order valence-electron chi connectivity index (χ4n) is 9.25. The van der Waals surface area contributed by atoms with Gasteiger partial charge < -0.3 is 28.8 Å². The fraction of sp³-hybridized carbons (Fsp3) is 0.617. The molecule has 16 heteroatoms. The lowest BCUT2D eigenvalue weighted by molar-refractivity contribution is -0.150. The Labute approximate surface area is 365 Å². The highest BCUT2D eigenvalue weighted by Crippen LogP contribution is 2.40. The van der Waals surface area contributed by atoms with Crippen LogP contribution >= 0.6 is 0 Å². The van der Waals surface area contributed by atoms with Crippen molar-refractivity contribution in [2.45, 2.75) is 129 Å². The molecule has 0 atom stereocenters. The summed E-state index contributed by atoms with van der Waals surface area (Å²) in [5, 5.41) is 9.03. The molecule has 12 nitrogen and oxygen atoms in total. The molecule has 63 heavy (non-hydrogen) atoms. The lowest BCUT2D eigenvalue weighted by Crippen LogP contribution is -2.53. The first-order valence-electron chi connectivity index (χ1n) is 22.1. The third-order valence-electron chi connectivity index (χ3n) is 13.1. The minimum Gasteiger partial charge on any atom is -0.481 e. The second-order valence-corrected chi connectivity index (χ2v) is 20.3. The van der Waals surface area contributed by atoms with Gasteiger partial charge in [-0.15, -0.1) is 0 Å². The Morgan fingerprint density at radius 3 is 1.35 bits per heavy atom. The predicted octanol–water partition coefficient (Wildman–Crippen LogP) is 8.72. The number of carbonyl (C=O) groups is 4. The SMILES string of the molecule is CC(C)(C)c1nc2cc(C(=O)N3CC(C(=O)O)C3)ccc2n1CC1CCC(F)(F)CC1.COC(=O)C1CN(C(=O)c2ccc3c(c2)nc(C(C)(C)C)n3CC2CCC(F)(F)CC2)C1. The molecule has 2 aromatic carbocycles. The Morgan fingerprint density at radius 2 is 1.02 bits per heavy atom. The largest absolute Gasteiger partial charge is 0.481 e. The first kappa shape index (κ1) is 46.0. The minimum atomic E-state index is -2.55. The molecule has 4 aromatic rings. The number of carboxylic acid groups (broad SMARTS) is 1. The van der Waals surface area contributed by atoms with Gasteiger partial charge >= 0.3 is 11.9 Å². The average molecular weight is 881 g/mol. The number of aliphatic carboxylic acids is 1. The van der Waals surface area contributed by atoms with E-state index in [9.17, 15) is 36.7 Å². The van der Waals surface area contributed by atoms with E-state index in [4.69, 9.17) is 19.8 Å². The standard InChI is InChI=1S/C24H31F2N3O3.C23H29F2N3O3/c1-23(2,3)22-27-18-11-16(20(30)28-13-17(14-28)21(31)32-4)5-6-19(18)29(22)12-15-7-9-24(25,26)10-8-15;1-22(2,3)21-26-17-10-15(19(29)27-12-16(13-27)20(30)31)4-5-18(17)28(21)11-14-6-8-23(24,25)9-7-14/h5-6,11,15,17H,7-10,12-14H2,1-4H3;4-5,10,14,16H,6-9,11-13H2,1-3H3,(H,30,31). The number of carbonyl (C=O) groups excluding carboxylic acids is 3. The van der Waals surface area contributed by atoms with E-state index in [2.05, 4.69) is 50.7 Å². The summed E-state index contributed by atoms with van der Waals surface area (Å²) in [4.78, 5) is 61.0. The number of amides is 2. The number of imidazole rings is 2. The molecule has 2 amide bonds. The normalized spacial score (nSPS) is 19.9. The summed E-state index contributed by atoms with van der Waals surface area (Å²) in [6.07, 6.45) is 1.74. The van der Waals surface area contributed by atoms with Crippen LogP contribution in [-0.2, 0) is 38.2 Å². The Balaban J connectivity index is 0.000000189. The number of carboxylic acids is 1. The number of halogens is 4. The van der Waals surface area contributed by atoms with E-state index in [-0.39, 0.29) is 85.1 Å². The fourth-order valence-corrected chi connectivity index (χ4v) is 9.25. The van der Waals surface area contributed by atoms with Gasteiger partial charge in [0.05, 0.1) is 41.0 Å². The van der Waals surface area contributed by atoms with Gasteiger partial charge in [0.1, 0.15) is 11.6 Å². The van der Waals surface area contributed by atoms with Crippen LogP contribution in [0.25, 0.3) is 22.1 Å². The number of esters is 1. The molecule has 2 aliphatic carbocycles. The third-order valence-corrected chi connectivity index (χ3v) is 13.1. The molecule has 2 aliphatic heterocycles. The van der Waals surface area contributed by atoms with Crippen molar-refractivity contribution in [3.8, 4) is 0 Å². The van der Waals surface area contributed by atoms with Gasteiger partial charge in [0.25, 0.3) is 11.8 Å². The molecule has 4 aliphatic rings. The maximum Gasteiger partial charge on any atom is 0.312 e. The van der Waals surface area contributed by atoms with Gasteiger partial charge in [-0.25, -0.2) is 27.5 Å². The molecule has 8 rings (SSSR count). The van der Waals surface area contributed by atoms with Crippen molar-refractivity contribution >= 4 is 45.8 Å². The molecule has 4 heterocycles. The van der Waals surface area contributed by atoms with Crippen LogP contribution in [0.4, 0.5) is 17.6 Å². The third kappa shape index (κ3) is 10.0. The smallest absolute Gasteiger partial charge is 0.312 e. The van der Waals surface area contributed by atoms with E-state index >= 15 is 0 Å². The van der Waals surface area contributed by atoms with Crippen molar-refractivity contribution in [3.63, 3.8) is 0 Å². The van der Waals surface area contributed by atoms with Gasteiger partial charge in [-0.1, -0.05) is 41.5 Å². The van der Waals surface area contributed by atoms with E-state index in [1.807, 2.05) is 12.1 Å². The molecular formula is C47H60F4N6O6. The number of aromatic nitrogens is 4. The Kier molecular flexibility index (Phi) is 12.5. The van der Waals surface area contributed by atoms with Crippen molar-refractivity contribution in [1.82, 2.24) is 28.9 Å². The molecule has 2 saturated heterocycles. The number of benzene rings is 2. The molecule has 342 valence electrons. The summed E-state index contributed by atoms with van der Waals surface area (Å²) in [6.45, 7) is 14.9. The number of hydrogen-bond acceptors (Lipinski definition) is 7. The predicted molar refractivity (Wildman–Crippen MR) is 229 cm³/mol. The summed E-state index contributed by atoms with van der Waals surface area (Å²) in [5.74, 6) is -5.22. The number of likely N-dealkylation sites (tertiary alicyclic amines) is 2. The van der Waals surface area contributed by atoms with Crippen molar-refractivity contribution in [2.24, 2.45) is 23.7 Å². The lowest BCUT2D eigenvalue weighted by Gasteiger charge is -2.37. The Morgan fingerprint density at radius 1 is 0.651 bits per heavy atom. The highest BCUT2D eigenvalue weighted by molar-refractivity contribution is 5.99. The van der Waals surface area contributed by atoms with Gasteiger partial charge in [-0.2, -0.15) is 0 Å². The summed E-state index contributed by atoms with van der Waals surface area (Å²) >= 11 is 0. The molecule has 2 saturated carbocycles. The molecule has 0 spiro atoms. The Hall–Kier alpha value is -5.02. The van der Waals surface area contributed by atoms with E-state index in [1.165, 1.54) is 12.0 Å². The maximum absolute atomic E-state index is 13.6. The monoisotopic (exact) mass is 880 g/mol. The summed E-state index contributed by atoms with van der Waals surface area (Å²) < 4.78 is 63.4. The van der Waals surface area contributed by atoms with Gasteiger partial charge in [0.15, 0.2) is 0 Å². The van der Waals surface area contributed by atoms with E-state index in [0.29, 0.717) is 68.5 Å². The van der Waals surface area contributed by atoms with Crippen LogP contribution in [0.2, 0.25) is 0 Å². The second-order valence-electron chi connectivity index (χ2n) is 20.3. The number of alkyl halides is 4.